The fraction of sp³-hybridized carbons (Fsp3) is 0.300. The molecule has 0 N–H and O–H groups in total. The standard InChI is InChI=1S/C10H11NS/c1-8(7-11)10(12)9-5-3-2-4-6-9/h2-6,8,10,12H,1H3. The predicted octanol–water partition coefficient (Wildman–Crippen LogP) is 2.82. The molecule has 0 aliphatic carbocycles. The number of nitrogens with zero attached hydrogens (tertiary/aromatic N) is 1. The van der Waals surface area contributed by atoms with Gasteiger partial charge in [-0.3, -0.25) is 0 Å². The average Bonchev–Trinajstić information content (AvgIpc) is 2.17. The number of thiol groups is 1. The summed E-state index contributed by atoms with van der Waals surface area (Å²) in [5.41, 5.74) is 1.11. The first kappa shape index (κ1) is 9.15. The maximum Gasteiger partial charge on any atom is 0.0668 e. The van der Waals surface area contributed by atoms with Gasteiger partial charge in [-0.05, 0) is 12.5 Å². The molecule has 0 amide bonds. The molecule has 1 rings (SSSR count). The van der Waals surface area contributed by atoms with Crippen molar-refractivity contribution in [3.63, 3.8) is 0 Å². The molecule has 62 valence electrons. The lowest BCUT2D eigenvalue weighted by atomic mass is 10.0. The van der Waals surface area contributed by atoms with Gasteiger partial charge in [0.2, 0.25) is 0 Å². The molecule has 0 bridgehead atoms. The Hall–Kier alpha value is -0.940. The summed E-state index contributed by atoms with van der Waals surface area (Å²) in [5.74, 6) is -0.0456. The molecule has 0 saturated heterocycles. The van der Waals surface area contributed by atoms with Gasteiger partial charge in [-0.1, -0.05) is 30.3 Å². The van der Waals surface area contributed by atoms with Crippen LogP contribution < -0.4 is 0 Å². The summed E-state index contributed by atoms with van der Waals surface area (Å²) in [5, 5.41) is 8.69. The third kappa shape index (κ3) is 2.02. The van der Waals surface area contributed by atoms with E-state index in [9.17, 15) is 0 Å². The molecule has 12 heavy (non-hydrogen) atoms. The van der Waals surface area contributed by atoms with E-state index >= 15 is 0 Å². The molecular weight excluding hydrogens is 166 g/mol. The quantitative estimate of drug-likeness (QED) is 0.690. The third-order valence-electron chi connectivity index (χ3n) is 1.82. The van der Waals surface area contributed by atoms with Crippen molar-refractivity contribution in [2.45, 2.75) is 12.2 Å². The summed E-state index contributed by atoms with van der Waals surface area (Å²) in [6.45, 7) is 1.88. The number of benzene rings is 1. The van der Waals surface area contributed by atoms with E-state index in [4.69, 9.17) is 5.26 Å². The van der Waals surface area contributed by atoms with E-state index in [1.807, 2.05) is 37.3 Å². The van der Waals surface area contributed by atoms with Crippen LogP contribution in [0.4, 0.5) is 0 Å². The summed E-state index contributed by atoms with van der Waals surface area (Å²) in [6.07, 6.45) is 0. The van der Waals surface area contributed by atoms with E-state index in [1.165, 1.54) is 0 Å². The molecule has 2 heteroatoms. The van der Waals surface area contributed by atoms with Crippen LogP contribution in [0.3, 0.4) is 0 Å². The topological polar surface area (TPSA) is 23.8 Å². The molecule has 1 aromatic rings. The van der Waals surface area contributed by atoms with Crippen molar-refractivity contribution in [3.05, 3.63) is 35.9 Å². The molecule has 0 aromatic heterocycles. The van der Waals surface area contributed by atoms with Crippen molar-refractivity contribution in [3.8, 4) is 6.07 Å². The first-order valence-electron chi connectivity index (χ1n) is 3.88. The molecule has 0 aliphatic rings. The van der Waals surface area contributed by atoms with Crippen LogP contribution in [0.15, 0.2) is 30.3 Å². The van der Waals surface area contributed by atoms with Crippen molar-refractivity contribution in [2.75, 3.05) is 0 Å². The highest BCUT2D eigenvalue weighted by atomic mass is 32.1. The van der Waals surface area contributed by atoms with Gasteiger partial charge in [-0.15, -0.1) is 0 Å². The van der Waals surface area contributed by atoms with E-state index in [-0.39, 0.29) is 11.2 Å². The number of nitriles is 1. The molecular formula is C10H11NS. The summed E-state index contributed by atoms with van der Waals surface area (Å²) < 4.78 is 0. The predicted molar refractivity (Wildman–Crippen MR) is 52.9 cm³/mol. The summed E-state index contributed by atoms with van der Waals surface area (Å²) in [7, 11) is 0. The lowest BCUT2D eigenvalue weighted by molar-refractivity contribution is 0.725. The molecule has 0 fully saturated rings. The lowest BCUT2D eigenvalue weighted by Gasteiger charge is -2.11. The number of hydrogen-bond donors (Lipinski definition) is 1. The second-order valence-electron chi connectivity index (χ2n) is 2.77. The molecule has 0 aliphatic heterocycles. The highest BCUT2D eigenvalue weighted by Gasteiger charge is 2.13. The summed E-state index contributed by atoms with van der Waals surface area (Å²) in [6, 6.07) is 12.1. The van der Waals surface area contributed by atoms with Gasteiger partial charge >= 0.3 is 0 Å². The SMILES string of the molecule is CC(C#N)C(S)c1ccccc1. The van der Waals surface area contributed by atoms with Crippen LogP contribution in [0.5, 0.6) is 0 Å². The lowest BCUT2D eigenvalue weighted by Crippen LogP contribution is -2.00. The first-order chi connectivity index (χ1) is 5.75. The molecule has 0 spiro atoms. The molecule has 0 radical (unpaired) electrons. The van der Waals surface area contributed by atoms with Crippen molar-refractivity contribution >= 4 is 12.6 Å². The number of rotatable bonds is 2. The van der Waals surface area contributed by atoms with E-state index < -0.39 is 0 Å². The largest absolute Gasteiger partial charge is 0.198 e. The second kappa shape index (κ2) is 4.18. The Morgan fingerprint density at radius 3 is 2.42 bits per heavy atom. The number of hydrogen-bond acceptors (Lipinski definition) is 2. The average molecular weight is 177 g/mol. The van der Waals surface area contributed by atoms with Crippen LogP contribution in [0.2, 0.25) is 0 Å². The van der Waals surface area contributed by atoms with Gasteiger partial charge < -0.3 is 0 Å². The monoisotopic (exact) mass is 177 g/mol. The Bertz CT molecular complexity index is 276. The van der Waals surface area contributed by atoms with Crippen LogP contribution >= 0.6 is 12.6 Å². The third-order valence-corrected chi connectivity index (χ3v) is 2.56. The van der Waals surface area contributed by atoms with Crippen LogP contribution in [0, 0.1) is 17.2 Å². The van der Waals surface area contributed by atoms with Gasteiger partial charge in [-0.2, -0.15) is 17.9 Å². The highest BCUT2D eigenvalue weighted by Crippen LogP contribution is 2.27. The Morgan fingerprint density at radius 2 is 1.92 bits per heavy atom. The zero-order chi connectivity index (χ0) is 8.97. The van der Waals surface area contributed by atoms with Gasteiger partial charge in [0.25, 0.3) is 0 Å². The molecule has 0 saturated carbocycles. The zero-order valence-electron chi connectivity index (χ0n) is 6.94. The second-order valence-corrected chi connectivity index (χ2v) is 3.33. The summed E-state index contributed by atoms with van der Waals surface area (Å²) in [4.78, 5) is 0. The molecule has 2 unspecified atom stereocenters. The van der Waals surface area contributed by atoms with Gasteiger partial charge in [0.15, 0.2) is 0 Å². The van der Waals surface area contributed by atoms with E-state index in [1.54, 1.807) is 0 Å². The van der Waals surface area contributed by atoms with Crippen molar-refractivity contribution in [1.82, 2.24) is 0 Å². The Morgan fingerprint density at radius 1 is 1.33 bits per heavy atom. The van der Waals surface area contributed by atoms with Crippen LogP contribution in [0.25, 0.3) is 0 Å². The maximum atomic E-state index is 8.67. The van der Waals surface area contributed by atoms with Gasteiger partial charge in [0.05, 0.1) is 12.0 Å². The normalized spacial score (nSPS) is 14.8. The van der Waals surface area contributed by atoms with Gasteiger partial charge in [0, 0.05) is 5.25 Å². The summed E-state index contributed by atoms with van der Waals surface area (Å²) >= 11 is 4.37. The molecule has 1 nitrogen and oxygen atoms in total. The van der Waals surface area contributed by atoms with Gasteiger partial charge in [0.1, 0.15) is 0 Å². The van der Waals surface area contributed by atoms with Crippen molar-refractivity contribution < 1.29 is 0 Å². The zero-order valence-corrected chi connectivity index (χ0v) is 7.83. The Labute approximate surface area is 78.4 Å². The fourth-order valence-electron chi connectivity index (χ4n) is 1.01. The molecule has 1 aromatic carbocycles. The van der Waals surface area contributed by atoms with E-state index in [2.05, 4.69) is 18.7 Å². The van der Waals surface area contributed by atoms with Crippen LogP contribution in [0.1, 0.15) is 17.7 Å². The van der Waals surface area contributed by atoms with Crippen LogP contribution in [-0.4, -0.2) is 0 Å². The minimum atomic E-state index is -0.0456. The molecule has 2 atom stereocenters. The Kier molecular flexibility index (Phi) is 3.19. The minimum absolute atomic E-state index is 0.0243. The Balaban J connectivity index is 2.80. The molecule has 0 heterocycles. The maximum absolute atomic E-state index is 8.67. The smallest absolute Gasteiger partial charge is 0.0668 e. The van der Waals surface area contributed by atoms with E-state index in [0.29, 0.717) is 0 Å². The minimum Gasteiger partial charge on any atom is -0.198 e. The fourth-order valence-corrected chi connectivity index (χ4v) is 1.25. The van der Waals surface area contributed by atoms with Crippen molar-refractivity contribution in [2.24, 2.45) is 5.92 Å². The first-order valence-corrected chi connectivity index (χ1v) is 4.40. The van der Waals surface area contributed by atoms with Crippen molar-refractivity contribution in [1.29, 1.82) is 5.26 Å². The van der Waals surface area contributed by atoms with Gasteiger partial charge in [-0.25, -0.2) is 0 Å². The van der Waals surface area contributed by atoms with E-state index in [0.717, 1.165) is 5.56 Å². The van der Waals surface area contributed by atoms with Crippen LogP contribution in [-0.2, 0) is 0 Å². The highest BCUT2D eigenvalue weighted by molar-refractivity contribution is 7.80.